The predicted molar refractivity (Wildman–Crippen MR) is 48.4 cm³/mol. The molecule has 0 heterocycles. The van der Waals surface area contributed by atoms with Gasteiger partial charge in [0.1, 0.15) is 5.75 Å². The van der Waals surface area contributed by atoms with E-state index in [1.54, 1.807) is 12.1 Å². The van der Waals surface area contributed by atoms with Crippen molar-refractivity contribution < 1.29 is 50.0 Å². The van der Waals surface area contributed by atoms with Crippen molar-refractivity contribution in [3.8, 4) is 5.75 Å². The van der Waals surface area contributed by atoms with Crippen LogP contribution in [0.3, 0.4) is 0 Å². The molecule has 5 nitrogen and oxygen atoms in total. The summed E-state index contributed by atoms with van der Waals surface area (Å²) >= 11 is 0. The van der Waals surface area contributed by atoms with Crippen LogP contribution in [0.25, 0.3) is 0 Å². The Morgan fingerprint density at radius 2 is 1.87 bits per heavy atom. The van der Waals surface area contributed by atoms with E-state index in [9.17, 15) is 9.90 Å². The quantitative estimate of drug-likeness (QED) is 0.498. The van der Waals surface area contributed by atoms with Gasteiger partial charge in [-0.25, -0.2) is 0 Å². The third-order valence-electron chi connectivity index (χ3n) is 1.69. The number of nitrogens with two attached hydrogens (primary N) is 1. The Bertz CT molecular complexity index is 301. The van der Waals surface area contributed by atoms with Crippen LogP contribution in [0.4, 0.5) is 0 Å². The van der Waals surface area contributed by atoms with E-state index < -0.39 is 12.0 Å². The third kappa shape index (κ3) is 5.76. The maximum atomic E-state index is 10.3. The largest absolute Gasteiger partial charge is 1.00 e. The molecule has 1 aromatic rings. The second-order valence-electron chi connectivity index (χ2n) is 2.80. The number of hydrogen-bond donors (Lipinski definition) is 2. The minimum absolute atomic E-state index is 0. The summed E-state index contributed by atoms with van der Waals surface area (Å²) in [5, 5.41) is 19.2. The van der Waals surface area contributed by atoms with E-state index in [1.807, 2.05) is 0 Å². The Kier molecular flexibility index (Phi) is 8.60. The average Bonchev–Trinajstić information content (AvgIpc) is 2.08. The van der Waals surface area contributed by atoms with Gasteiger partial charge in [0.15, 0.2) is 0 Å². The monoisotopic (exact) mass is 221 g/mol. The van der Waals surface area contributed by atoms with Gasteiger partial charge in [-0.1, -0.05) is 12.1 Å². The zero-order valence-corrected chi connectivity index (χ0v) is 10.4. The topological polar surface area (TPSA) is 118 Å². The van der Waals surface area contributed by atoms with Crippen molar-refractivity contribution in [3.05, 3.63) is 29.8 Å². The molecular formula is C9H12NNaO4. The number of carboxylic acids is 1. The van der Waals surface area contributed by atoms with Gasteiger partial charge in [-0.3, -0.25) is 0 Å². The Balaban J connectivity index is 0. The molecule has 0 saturated heterocycles. The van der Waals surface area contributed by atoms with Crippen LogP contribution in [0.5, 0.6) is 5.75 Å². The van der Waals surface area contributed by atoms with Gasteiger partial charge in [-0.15, -0.1) is 0 Å². The fraction of sp³-hybridized carbons (Fsp3) is 0.222. The van der Waals surface area contributed by atoms with Crippen LogP contribution < -0.4 is 40.4 Å². The minimum Gasteiger partial charge on any atom is -0.548 e. The van der Waals surface area contributed by atoms with E-state index >= 15 is 0 Å². The van der Waals surface area contributed by atoms with E-state index in [1.165, 1.54) is 12.1 Å². The summed E-state index contributed by atoms with van der Waals surface area (Å²) in [4.78, 5) is 10.3. The maximum Gasteiger partial charge on any atom is 1.00 e. The van der Waals surface area contributed by atoms with Crippen molar-refractivity contribution in [1.82, 2.24) is 0 Å². The molecule has 1 rings (SSSR count). The second kappa shape index (κ2) is 7.67. The Hall–Kier alpha value is -0.590. The van der Waals surface area contributed by atoms with Gasteiger partial charge in [0, 0.05) is 6.04 Å². The number of aromatic hydroxyl groups is 1. The SMILES string of the molecule is NC(Cc1ccc(O)cc1)C(=O)[O-].O.[Na+]. The van der Waals surface area contributed by atoms with Gasteiger partial charge in [0.2, 0.25) is 0 Å². The average molecular weight is 221 g/mol. The summed E-state index contributed by atoms with van der Waals surface area (Å²) in [6, 6.07) is 5.22. The first-order valence-electron chi connectivity index (χ1n) is 3.84. The molecule has 0 aliphatic heterocycles. The van der Waals surface area contributed by atoms with Gasteiger partial charge in [-0.05, 0) is 24.1 Å². The predicted octanol–water partition coefficient (Wildman–Crippen LogP) is -4.81. The zero-order valence-electron chi connectivity index (χ0n) is 8.43. The summed E-state index contributed by atoms with van der Waals surface area (Å²) in [6.07, 6.45) is 0.211. The summed E-state index contributed by atoms with van der Waals surface area (Å²) < 4.78 is 0. The van der Waals surface area contributed by atoms with E-state index in [4.69, 9.17) is 10.8 Å². The second-order valence-corrected chi connectivity index (χ2v) is 2.80. The van der Waals surface area contributed by atoms with Crippen LogP contribution in [0, 0.1) is 0 Å². The van der Waals surface area contributed by atoms with E-state index in [-0.39, 0.29) is 47.2 Å². The molecule has 0 bridgehead atoms. The van der Waals surface area contributed by atoms with Crippen molar-refractivity contribution in [3.63, 3.8) is 0 Å². The molecule has 15 heavy (non-hydrogen) atoms. The van der Waals surface area contributed by atoms with Crippen LogP contribution >= 0.6 is 0 Å². The first-order chi connectivity index (χ1) is 6.09. The molecule has 0 aromatic heterocycles. The van der Waals surface area contributed by atoms with Gasteiger partial charge in [0.25, 0.3) is 0 Å². The molecule has 0 radical (unpaired) electrons. The third-order valence-corrected chi connectivity index (χ3v) is 1.69. The van der Waals surface area contributed by atoms with Crippen LogP contribution in [-0.4, -0.2) is 22.6 Å². The first kappa shape index (κ1) is 16.8. The van der Waals surface area contributed by atoms with Gasteiger partial charge < -0.3 is 26.2 Å². The zero-order chi connectivity index (χ0) is 9.84. The van der Waals surface area contributed by atoms with Crippen LogP contribution in [0.1, 0.15) is 5.56 Å². The summed E-state index contributed by atoms with van der Waals surface area (Å²) in [6.45, 7) is 0. The normalized spacial score (nSPS) is 10.7. The van der Waals surface area contributed by atoms with Crippen LogP contribution in [0.15, 0.2) is 24.3 Å². The molecule has 1 unspecified atom stereocenters. The van der Waals surface area contributed by atoms with Crippen molar-refractivity contribution in [2.75, 3.05) is 0 Å². The fourth-order valence-corrected chi connectivity index (χ4v) is 0.969. The van der Waals surface area contributed by atoms with Crippen molar-refractivity contribution >= 4 is 5.97 Å². The molecule has 78 valence electrons. The first-order valence-corrected chi connectivity index (χ1v) is 3.84. The molecule has 1 aromatic carbocycles. The van der Waals surface area contributed by atoms with E-state index in [2.05, 4.69) is 0 Å². The number of hydrogen-bond acceptors (Lipinski definition) is 4. The molecule has 5 N–H and O–H groups in total. The van der Waals surface area contributed by atoms with Crippen LogP contribution in [-0.2, 0) is 11.2 Å². The number of carbonyl (C=O) groups is 1. The van der Waals surface area contributed by atoms with Crippen LogP contribution in [0.2, 0.25) is 0 Å². The number of phenols is 1. The van der Waals surface area contributed by atoms with E-state index in [0.717, 1.165) is 5.56 Å². The molecule has 6 heteroatoms. The summed E-state index contributed by atoms with van der Waals surface area (Å²) in [5.74, 6) is -1.13. The van der Waals surface area contributed by atoms with Gasteiger partial charge in [0.05, 0.1) is 5.97 Å². The minimum atomic E-state index is -1.27. The standard InChI is InChI=1S/C9H11NO3.Na.H2O/c10-8(9(12)13)5-6-1-3-7(11)4-2-6;;/h1-4,8,11H,5,10H2,(H,12,13);;1H2/q;+1;/p-1. The summed E-state index contributed by atoms with van der Waals surface area (Å²) in [7, 11) is 0. The molecular weight excluding hydrogens is 209 g/mol. The number of carboxylic acid groups (broad SMARTS) is 1. The maximum absolute atomic E-state index is 10.3. The molecule has 0 amide bonds. The van der Waals surface area contributed by atoms with E-state index in [0.29, 0.717) is 0 Å². The smallest absolute Gasteiger partial charge is 0.548 e. The molecule has 0 fully saturated rings. The van der Waals surface area contributed by atoms with Crippen molar-refractivity contribution in [2.24, 2.45) is 5.73 Å². The Labute approximate surface area is 110 Å². The Morgan fingerprint density at radius 3 is 2.27 bits per heavy atom. The summed E-state index contributed by atoms with van der Waals surface area (Å²) in [5.41, 5.74) is 6.02. The number of carbonyl (C=O) groups excluding carboxylic acids is 1. The number of aliphatic carboxylic acids is 1. The van der Waals surface area contributed by atoms with Crippen molar-refractivity contribution in [2.45, 2.75) is 12.5 Å². The molecule has 1 atom stereocenters. The molecule has 0 aliphatic carbocycles. The van der Waals surface area contributed by atoms with Gasteiger partial charge >= 0.3 is 29.6 Å². The van der Waals surface area contributed by atoms with Crippen molar-refractivity contribution in [1.29, 1.82) is 0 Å². The Morgan fingerprint density at radius 1 is 1.40 bits per heavy atom. The number of rotatable bonds is 3. The number of phenolic OH excluding ortho intramolecular Hbond substituents is 1. The molecule has 0 spiro atoms. The number of benzene rings is 1. The molecule has 0 aliphatic rings. The fourth-order valence-electron chi connectivity index (χ4n) is 0.969. The molecule has 0 saturated carbocycles. The van der Waals surface area contributed by atoms with Gasteiger partial charge in [-0.2, -0.15) is 0 Å².